The number of ketones is 1. The summed E-state index contributed by atoms with van der Waals surface area (Å²) in [5.41, 5.74) is 0. The van der Waals surface area contributed by atoms with E-state index in [2.05, 4.69) is 4.84 Å². The van der Waals surface area contributed by atoms with E-state index in [0.29, 0.717) is 5.06 Å². The zero-order valence-electron chi connectivity index (χ0n) is 9.19. The molecule has 0 unspecified atom stereocenters. The number of amides is 2. The Balaban J connectivity index is 2.48. The largest absolute Gasteiger partial charge is 0.340 e. The van der Waals surface area contributed by atoms with Crippen molar-refractivity contribution >= 4 is 23.6 Å². The van der Waals surface area contributed by atoms with Crippen LogP contribution in [-0.4, -0.2) is 28.6 Å². The smallest absolute Gasteiger partial charge is 0.330 e. The van der Waals surface area contributed by atoms with E-state index in [4.69, 9.17) is 0 Å². The number of hydrogen-bond acceptors (Lipinski definition) is 5. The Morgan fingerprint density at radius 3 is 2.19 bits per heavy atom. The molecule has 0 aromatic carbocycles. The van der Waals surface area contributed by atoms with Crippen molar-refractivity contribution in [2.24, 2.45) is 5.92 Å². The third-order valence-corrected chi connectivity index (χ3v) is 2.16. The molecule has 16 heavy (non-hydrogen) atoms. The summed E-state index contributed by atoms with van der Waals surface area (Å²) in [5.74, 6) is -2.53. The molecule has 6 nitrogen and oxygen atoms in total. The Morgan fingerprint density at radius 2 is 1.75 bits per heavy atom. The molecule has 1 rings (SSSR count). The highest BCUT2D eigenvalue weighted by atomic mass is 16.7. The monoisotopic (exact) mass is 227 g/mol. The fourth-order valence-electron chi connectivity index (χ4n) is 1.14. The summed E-state index contributed by atoms with van der Waals surface area (Å²) in [5, 5.41) is 0.440. The molecule has 0 spiro atoms. The molecule has 0 aromatic heterocycles. The van der Waals surface area contributed by atoms with Crippen LogP contribution in [-0.2, 0) is 24.0 Å². The van der Waals surface area contributed by atoms with Crippen LogP contribution in [0.3, 0.4) is 0 Å². The SMILES string of the molecule is CC(C)C(=O)CC(=O)ON1C(=O)CCC1=O. The number of hydrogen-bond donors (Lipinski definition) is 0. The summed E-state index contributed by atoms with van der Waals surface area (Å²) in [6.45, 7) is 3.31. The van der Waals surface area contributed by atoms with Crippen LogP contribution in [0, 0.1) is 5.92 Å². The third kappa shape index (κ3) is 2.88. The van der Waals surface area contributed by atoms with Crippen LogP contribution in [0.4, 0.5) is 0 Å². The molecule has 6 heteroatoms. The van der Waals surface area contributed by atoms with Gasteiger partial charge in [0, 0.05) is 18.8 Å². The molecule has 88 valence electrons. The highest BCUT2D eigenvalue weighted by Gasteiger charge is 2.33. The first-order valence-electron chi connectivity index (χ1n) is 5.01. The van der Waals surface area contributed by atoms with E-state index < -0.39 is 24.2 Å². The van der Waals surface area contributed by atoms with Crippen molar-refractivity contribution < 1.29 is 24.0 Å². The summed E-state index contributed by atoms with van der Waals surface area (Å²) in [4.78, 5) is 49.1. The molecule has 1 aliphatic rings. The maximum absolute atomic E-state index is 11.2. The number of imide groups is 1. The van der Waals surface area contributed by atoms with Gasteiger partial charge in [-0.2, -0.15) is 0 Å². The van der Waals surface area contributed by atoms with Crippen LogP contribution >= 0.6 is 0 Å². The fraction of sp³-hybridized carbons (Fsp3) is 0.600. The zero-order valence-corrected chi connectivity index (χ0v) is 9.19. The number of Topliss-reactive ketones (excluding diaryl/α,β-unsaturated/α-hetero) is 1. The van der Waals surface area contributed by atoms with Crippen molar-refractivity contribution in [2.75, 3.05) is 0 Å². The van der Waals surface area contributed by atoms with Gasteiger partial charge < -0.3 is 4.84 Å². The average Bonchev–Trinajstić information content (AvgIpc) is 2.49. The van der Waals surface area contributed by atoms with Gasteiger partial charge in [-0.25, -0.2) is 4.79 Å². The minimum absolute atomic E-state index is 0.0459. The van der Waals surface area contributed by atoms with Gasteiger partial charge in [0.25, 0.3) is 11.8 Å². The first kappa shape index (κ1) is 12.4. The summed E-state index contributed by atoms with van der Waals surface area (Å²) in [7, 11) is 0. The lowest BCUT2D eigenvalue weighted by molar-refractivity contribution is -0.197. The molecule has 2 amide bonds. The quantitative estimate of drug-likeness (QED) is 0.506. The predicted octanol–water partition coefficient (Wildman–Crippen LogP) is 0.209. The van der Waals surface area contributed by atoms with Crippen molar-refractivity contribution in [1.82, 2.24) is 5.06 Å². The van der Waals surface area contributed by atoms with Crippen LogP contribution < -0.4 is 0 Å². The second kappa shape index (κ2) is 4.87. The molecule has 1 heterocycles. The Kier molecular flexibility index (Phi) is 3.76. The van der Waals surface area contributed by atoms with Crippen LogP contribution in [0.15, 0.2) is 0 Å². The lowest BCUT2D eigenvalue weighted by Gasteiger charge is -2.12. The van der Waals surface area contributed by atoms with Gasteiger partial charge in [0.15, 0.2) is 0 Å². The molecule has 0 saturated carbocycles. The molecule has 0 atom stereocenters. The average molecular weight is 227 g/mol. The van der Waals surface area contributed by atoms with Gasteiger partial charge in [-0.15, -0.1) is 5.06 Å². The first-order valence-corrected chi connectivity index (χ1v) is 5.01. The molecule has 0 bridgehead atoms. The third-order valence-electron chi connectivity index (χ3n) is 2.16. The molecule has 0 N–H and O–H groups in total. The van der Waals surface area contributed by atoms with E-state index >= 15 is 0 Å². The minimum Gasteiger partial charge on any atom is -0.330 e. The van der Waals surface area contributed by atoms with Crippen LogP contribution in [0.1, 0.15) is 33.1 Å². The normalized spacial score (nSPS) is 15.8. The van der Waals surface area contributed by atoms with E-state index in [9.17, 15) is 19.2 Å². The van der Waals surface area contributed by atoms with Crippen molar-refractivity contribution in [1.29, 1.82) is 0 Å². The Labute approximate surface area is 92.5 Å². The van der Waals surface area contributed by atoms with E-state index in [1.54, 1.807) is 13.8 Å². The Hall–Kier alpha value is -1.72. The highest BCUT2D eigenvalue weighted by molar-refractivity contribution is 6.03. The predicted molar refractivity (Wildman–Crippen MR) is 51.6 cm³/mol. The standard InChI is InChI=1S/C10H13NO5/c1-6(2)7(12)5-10(15)16-11-8(13)3-4-9(11)14/h6H,3-5H2,1-2H3. The number of hydroxylamine groups is 2. The molecular weight excluding hydrogens is 214 g/mol. The molecule has 1 fully saturated rings. The van der Waals surface area contributed by atoms with E-state index in [1.165, 1.54) is 0 Å². The second-order valence-corrected chi connectivity index (χ2v) is 3.84. The van der Waals surface area contributed by atoms with Gasteiger partial charge in [-0.3, -0.25) is 14.4 Å². The van der Waals surface area contributed by atoms with Crippen molar-refractivity contribution in [2.45, 2.75) is 33.1 Å². The molecule has 0 aromatic rings. The van der Waals surface area contributed by atoms with E-state index in [0.717, 1.165) is 0 Å². The summed E-state index contributed by atoms with van der Waals surface area (Å²) in [6, 6.07) is 0. The van der Waals surface area contributed by atoms with Crippen molar-refractivity contribution in [3.8, 4) is 0 Å². The number of carbonyl (C=O) groups is 4. The summed E-state index contributed by atoms with van der Waals surface area (Å²) >= 11 is 0. The van der Waals surface area contributed by atoms with Gasteiger partial charge in [0.1, 0.15) is 12.2 Å². The van der Waals surface area contributed by atoms with Gasteiger partial charge in [0.2, 0.25) is 0 Å². The van der Waals surface area contributed by atoms with Gasteiger partial charge >= 0.3 is 5.97 Å². The highest BCUT2D eigenvalue weighted by Crippen LogP contribution is 2.13. The number of carbonyl (C=O) groups excluding carboxylic acids is 4. The molecule has 1 saturated heterocycles. The lowest BCUT2D eigenvalue weighted by atomic mass is 10.1. The topological polar surface area (TPSA) is 80.8 Å². The maximum Gasteiger partial charge on any atom is 0.340 e. The summed E-state index contributed by atoms with van der Waals surface area (Å²) < 4.78 is 0. The van der Waals surface area contributed by atoms with Crippen LogP contribution in [0.5, 0.6) is 0 Å². The number of rotatable bonds is 4. The molecular formula is C10H13NO5. The Morgan fingerprint density at radius 1 is 1.25 bits per heavy atom. The fourth-order valence-corrected chi connectivity index (χ4v) is 1.14. The van der Waals surface area contributed by atoms with E-state index in [-0.39, 0.29) is 24.5 Å². The van der Waals surface area contributed by atoms with Crippen molar-refractivity contribution in [3.05, 3.63) is 0 Å². The first-order chi connectivity index (χ1) is 7.41. The van der Waals surface area contributed by atoms with Crippen molar-refractivity contribution in [3.63, 3.8) is 0 Å². The van der Waals surface area contributed by atoms with Crippen LogP contribution in [0.2, 0.25) is 0 Å². The second-order valence-electron chi connectivity index (χ2n) is 3.84. The number of nitrogens with zero attached hydrogens (tertiary/aromatic N) is 1. The van der Waals surface area contributed by atoms with Crippen LogP contribution in [0.25, 0.3) is 0 Å². The maximum atomic E-state index is 11.2. The lowest BCUT2D eigenvalue weighted by Crippen LogP contribution is -2.33. The Bertz CT molecular complexity index is 331. The van der Waals surface area contributed by atoms with E-state index in [1.807, 2.05) is 0 Å². The summed E-state index contributed by atoms with van der Waals surface area (Å²) in [6.07, 6.45) is -0.330. The van der Waals surface area contributed by atoms with Gasteiger partial charge in [0.05, 0.1) is 0 Å². The minimum atomic E-state index is -0.873. The molecule has 0 radical (unpaired) electrons. The van der Waals surface area contributed by atoms with Gasteiger partial charge in [-0.05, 0) is 0 Å². The molecule has 0 aliphatic carbocycles. The van der Waals surface area contributed by atoms with Gasteiger partial charge in [-0.1, -0.05) is 13.8 Å². The zero-order chi connectivity index (χ0) is 12.3. The molecule has 1 aliphatic heterocycles.